The SMILES string of the molecule is CC(=O)C(CCCCN)NC(=O)[C@H](Cc1ccccc1)NC(=O)[C@H](C)N. The number of unbranched alkanes of at least 4 members (excludes halogenated alkanes) is 1. The molecule has 0 radical (unpaired) electrons. The largest absolute Gasteiger partial charge is 0.345 e. The summed E-state index contributed by atoms with van der Waals surface area (Å²) in [6.07, 6.45) is 2.38. The summed E-state index contributed by atoms with van der Waals surface area (Å²) in [7, 11) is 0. The number of ketones is 1. The Morgan fingerprint density at radius 3 is 2.15 bits per heavy atom. The van der Waals surface area contributed by atoms with Crippen LogP contribution in [0.2, 0.25) is 0 Å². The van der Waals surface area contributed by atoms with E-state index in [4.69, 9.17) is 11.5 Å². The third-order valence-corrected chi connectivity index (χ3v) is 4.08. The van der Waals surface area contributed by atoms with Crippen LogP contribution in [0.25, 0.3) is 0 Å². The third-order valence-electron chi connectivity index (χ3n) is 4.08. The molecule has 26 heavy (non-hydrogen) atoms. The number of rotatable bonds is 11. The van der Waals surface area contributed by atoms with Gasteiger partial charge >= 0.3 is 0 Å². The van der Waals surface area contributed by atoms with E-state index in [1.54, 1.807) is 6.92 Å². The van der Waals surface area contributed by atoms with Gasteiger partial charge in [0.25, 0.3) is 0 Å². The molecule has 0 aliphatic carbocycles. The average Bonchev–Trinajstić information content (AvgIpc) is 2.60. The van der Waals surface area contributed by atoms with Crippen molar-refractivity contribution in [2.45, 2.75) is 57.7 Å². The van der Waals surface area contributed by atoms with Crippen molar-refractivity contribution in [3.63, 3.8) is 0 Å². The van der Waals surface area contributed by atoms with Gasteiger partial charge < -0.3 is 22.1 Å². The molecule has 7 heteroatoms. The number of amides is 2. The molecule has 1 aromatic carbocycles. The van der Waals surface area contributed by atoms with Crippen molar-refractivity contribution in [1.82, 2.24) is 10.6 Å². The molecule has 144 valence electrons. The average molecular weight is 362 g/mol. The molecule has 0 fully saturated rings. The van der Waals surface area contributed by atoms with Crippen LogP contribution in [0.3, 0.4) is 0 Å². The van der Waals surface area contributed by atoms with Gasteiger partial charge in [-0.3, -0.25) is 14.4 Å². The van der Waals surface area contributed by atoms with E-state index in [-0.39, 0.29) is 5.78 Å². The van der Waals surface area contributed by atoms with E-state index in [0.717, 1.165) is 18.4 Å². The fourth-order valence-corrected chi connectivity index (χ4v) is 2.50. The van der Waals surface area contributed by atoms with Gasteiger partial charge in [-0.15, -0.1) is 0 Å². The number of benzene rings is 1. The highest BCUT2D eigenvalue weighted by Crippen LogP contribution is 2.06. The Bertz CT molecular complexity index is 590. The first-order valence-corrected chi connectivity index (χ1v) is 8.96. The minimum absolute atomic E-state index is 0.118. The maximum absolute atomic E-state index is 12.7. The maximum atomic E-state index is 12.7. The van der Waals surface area contributed by atoms with E-state index in [1.165, 1.54) is 6.92 Å². The van der Waals surface area contributed by atoms with Gasteiger partial charge in [-0.2, -0.15) is 0 Å². The lowest BCUT2D eigenvalue weighted by molar-refractivity contribution is -0.131. The Kier molecular flexibility index (Phi) is 9.54. The molecular formula is C19H30N4O3. The summed E-state index contributed by atoms with van der Waals surface area (Å²) < 4.78 is 0. The number of Topliss-reactive ketones (excluding diaryl/α,β-unsaturated/α-hetero) is 1. The van der Waals surface area contributed by atoms with Gasteiger partial charge in [0.15, 0.2) is 5.78 Å². The molecule has 1 rings (SSSR count). The zero-order valence-electron chi connectivity index (χ0n) is 15.5. The number of nitrogens with two attached hydrogens (primary N) is 2. The number of hydrogen-bond donors (Lipinski definition) is 4. The molecule has 1 aromatic rings. The van der Waals surface area contributed by atoms with Crippen LogP contribution in [0, 0.1) is 0 Å². The van der Waals surface area contributed by atoms with E-state index in [0.29, 0.717) is 19.4 Å². The predicted octanol–water partition coefficient (Wildman–Crippen LogP) is 0.264. The summed E-state index contributed by atoms with van der Waals surface area (Å²) in [6, 6.07) is 7.25. The van der Waals surface area contributed by atoms with E-state index in [1.807, 2.05) is 30.3 Å². The van der Waals surface area contributed by atoms with Crippen LogP contribution in [-0.4, -0.2) is 42.3 Å². The van der Waals surface area contributed by atoms with Crippen molar-refractivity contribution < 1.29 is 14.4 Å². The van der Waals surface area contributed by atoms with Gasteiger partial charge in [0.1, 0.15) is 6.04 Å². The van der Waals surface area contributed by atoms with Crippen LogP contribution in [0.4, 0.5) is 0 Å². The topological polar surface area (TPSA) is 127 Å². The number of nitrogens with one attached hydrogen (secondary N) is 2. The normalized spacial score (nSPS) is 14.2. The molecule has 7 nitrogen and oxygen atoms in total. The van der Waals surface area contributed by atoms with Gasteiger partial charge in [0.2, 0.25) is 11.8 Å². The molecule has 1 unspecified atom stereocenters. The molecule has 0 aliphatic heterocycles. The van der Waals surface area contributed by atoms with Crippen LogP contribution in [0.1, 0.15) is 38.7 Å². The maximum Gasteiger partial charge on any atom is 0.243 e. The number of hydrogen-bond acceptors (Lipinski definition) is 5. The highest BCUT2D eigenvalue weighted by Gasteiger charge is 2.26. The first-order valence-electron chi connectivity index (χ1n) is 8.96. The summed E-state index contributed by atoms with van der Waals surface area (Å²) in [5.74, 6) is -0.924. The standard InChI is InChI=1S/C19H30N4O3/c1-13(21)18(25)23-17(12-15-8-4-3-5-9-15)19(26)22-16(14(2)24)10-6-7-11-20/h3-5,8-9,13,16-17H,6-7,10-12,20-21H2,1-2H3,(H,22,26)(H,23,25)/t13-,16?,17-/m0/s1. The van der Waals surface area contributed by atoms with Gasteiger partial charge in [0, 0.05) is 6.42 Å². The van der Waals surface area contributed by atoms with Crippen molar-refractivity contribution in [2.24, 2.45) is 11.5 Å². The van der Waals surface area contributed by atoms with Gasteiger partial charge in [0.05, 0.1) is 12.1 Å². The van der Waals surface area contributed by atoms with E-state index in [9.17, 15) is 14.4 Å². The lowest BCUT2D eigenvalue weighted by Gasteiger charge is -2.23. The van der Waals surface area contributed by atoms with Gasteiger partial charge in [-0.05, 0) is 45.2 Å². The summed E-state index contributed by atoms with van der Waals surface area (Å²) >= 11 is 0. The van der Waals surface area contributed by atoms with E-state index < -0.39 is 29.9 Å². The van der Waals surface area contributed by atoms with Crippen molar-refractivity contribution in [3.05, 3.63) is 35.9 Å². The molecule has 0 heterocycles. The third kappa shape index (κ3) is 7.76. The molecule has 0 saturated carbocycles. The lowest BCUT2D eigenvalue weighted by atomic mass is 10.0. The Morgan fingerprint density at radius 1 is 1.00 bits per heavy atom. The van der Waals surface area contributed by atoms with Crippen LogP contribution in [0.15, 0.2) is 30.3 Å². The molecular weight excluding hydrogens is 332 g/mol. The predicted molar refractivity (Wildman–Crippen MR) is 101 cm³/mol. The lowest BCUT2D eigenvalue weighted by Crippen LogP contribution is -2.54. The smallest absolute Gasteiger partial charge is 0.243 e. The Morgan fingerprint density at radius 2 is 1.62 bits per heavy atom. The molecule has 3 atom stereocenters. The molecule has 0 spiro atoms. The van der Waals surface area contributed by atoms with E-state index >= 15 is 0 Å². The first kappa shape index (κ1) is 21.8. The zero-order chi connectivity index (χ0) is 19.5. The quantitative estimate of drug-likeness (QED) is 0.420. The summed E-state index contributed by atoms with van der Waals surface area (Å²) in [5.41, 5.74) is 12.0. The second-order valence-corrected chi connectivity index (χ2v) is 6.50. The monoisotopic (exact) mass is 362 g/mol. The highest BCUT2D eigenvalue weighted by atomic mass is 16.2. The fraction of sp³-hybridized carbons (Fsp3) is 0.526. The van der Waals surface area contributed by atoms with Crippen LogP contribution in [-0.2, 0) is 20.8 Å². The number of carbonyl (C=O) groups is 3. The van der Waals surface area contributed by atoms with Crippen molar-refractivity contribution >= 4 is 17.6 Å². The van der Waals surface area contributed by atoms with Crippen LogP contribution in [0.5, 0.6) is 0 Å². The minimum atomic E-state index is -0.799. The van der Waals surface area contributed by atoms with Crippen molar-refractivity contribution in [2.75, 3.05) is 6.54 Å². The minimum Gasteiger partial charge on any atom is -0.345 e. The van der Waals surface area contributed by atoms with E-state index in [2.05, 4.69) is 10.6 Å². The van der Waals surface area contributed by atoms with Crippen LogP contribution < -0.4 is 22.1 Å². The van der Waals surface area contributed by atoms with Crippen LogP contribution >= 0.6 is 0 Å². The molecule has 0 saturated heterocycles. The second-order valence-electron chi connectivity index (χ2n) is 6.50. The zero-order valence-corrected chi connectivity index (χ0v) is 15.5. The fourth-order valence-electron chi connectivity index (χ4n) is 2.50. The summed E-state index contributed by atoms with van der Waals surface area (Å²) in [4.78, 5) is 36.5. The molecule has 0 aliphatic rings. The second kappa shape index (κ2) is 11.4. The Hall–Kier alpha value is -2.25. The molecule has 2 amide bonds. The Labute approximate surface area is 154 Å². The number of carbonyl (C=O) groups excluding carboxylic acids is 3. The van der Waals surface area contributed by atoms with Gasteiger partial charge in [-0.25, -0.2) is 0 Å². The van der Waals surface area contributed by atoms with Crippen molar-refractivity contribution in [1.29, 1.82) is 0 Å². The molecule has 6 N–H and O–H groups in total. The highest BCUT2D eigenvalue weighted by molar-refractivity contribution is 5.93. The summed E-state index contributed by atoms with van der Waals surface area (Å²) in [6.45, 7) is 3.54. The summed E-state index contributed by atoms with van der Waals surface area (Å²) in [5, 5.41) is 5.42. The molecule has 0 aromatic heterocycles. The first-order chi connectivity index (χ1) is 12.3. The van der Waals surface area contributed by atoms with Gasteiger partial charge in [-0.1, -0.05) is 30.3 Å². The van der Waals surface area contributed by atoms with Crippen molar-refractivity contribution in [3.8, 4) is 0 Å². The Balaban J connectivity index is 2.83. The molecule has 0 bridgehead atoms.